The number of aromatic nitrogens is 4. The highest BCUT2D eigenvalue weighted by Gasteiger charge is 2.43. The van der Waals surface area contributed by atoms with Crippen molar-refractivity contribution in [2.75, 3.05) is 13.7 Å². The third-order valence-corrected chi connectivity index (χ3v) is 3.49. The normalized spacial score (nSPS) is 29.1. The summed E-state index contributed by atoms with van der Waals surface area (Å²) in [5.74, 6) is 0. The van der Waals surface area contributed by atoms with Crippen LogP contribution in [-0.2, 0) is 4.74 Å². The molecule has 10 nitrogen and oxygen atoms in total. The van der Waals surface area contributed by atoms with E-state index in [-0.39, 0.29) is 11.0 Å². The van der Waals surface area contributed by atoms with Gasteiger partial charge in [-0.25, -0.2) is 9.97 Å². The second kappa shape index (κ2) is 5.07. The molecule has 0 unspecified atom stereocenters. The molecule has 1 saturated heterocycles. The van der Waals surface area contributed by atoms with Crippen LogP contribution in [0.3, 0.4) is 0 Å². The number of fused-ring (bicyclic) bond motifs is 1. The number of ether oxygens (including phenoxy) is 1. The Balaban J connectivity index is 2.06. The molecule has 0 aliphatic carbocycles. The van der Waals surface area contributed by atoms with Crippen molar-refractivity contribution in [3.8, 4) is 0 Å². The van der Waals surface area contributed by atoms with Gasteiger partial charge < -0.3 is 24.9 Å². The molecular weight excluding hydrogens is 282 g/mol. The highest BCUT2D eigenvalue weighted by Crippen LogP contribution is 2.30. The first kappa shape index (κ1) is 13.9. The van der Waals surface area contributed by atoms with Gasteiger partial charge in [0.1, 0.15) is 31.7 Å². The van der Waals surface area contributed by atoms with E-state index in [9.17, 15) is 10.2 Å². The minimum atomic E-state index is -1.23. The molecule has 1 fully saturated rings. The third-order valence-electron chi connectivity index (χ3n) is 3.49. The number of nitrogens with one attached hydrogen (secondary N) is 1. The van der Waals surface area contributed by atoms with Crippen molar-refractivity contribution in [2.45, 2.75) is 24.5 Å². The Bertz CT molecular complexity index is 713. The minimum Gasteiger partial charge on any atom is -0.414 e. The molecule has 0 aromatic carbocycles. The van der Waals surface area contributed by atoms with E-state index in [1.54, 1.807) is 0 Å². The molecule has 10 heteroatoms. The summed E-state index contributed by atoms with van der Waals surface area (Å²) in [7, 11) is 1.40. The van der Waals surface area contributed by atoms with E-state index >= 15 is 0 Å². The molecule has 21 heavy (non-hydrogen) atoms. The summed E-state index contributed by atoms with van der Waals surface area (Å²) < 4.78 is 7.97. The molecule has 1 aliphatic heterocycles. The molecule has 0 saturated carbocycles. The lowest BCUT2D eigenvalue weighted by atomic mass is 10.1. The third kappa shape index (κ3) is 2.00. The molecule has 1 aliphatic rings. The summed E-state index contributed by atoms with van der Waals surface area (Å²) >= 11 is 0. The van der Waals surface area contributed by atoms with Gasteiger partial charge in [-0.15, -0.1) is 0 Å². The van der Waals surface area contributed by atoms with Crippen LogP contribution in [0.2, 0.25) is 0 Å². The van der Waals surface area contributed by atoms with Gasteiger partial charge in [0, 0.05) is 0 Å². The van der Waals surface area contributed by atoms with Crippen LogP contribution in [0.5, 0.6) is 0 Å². The van der Waals surface area contributed by atoms with Gasteiger partial charge in [0.25, 0.3) is 0 Å². The fourth-order valence-electron chi connectivity index (χ4n) is 2.35. The second-order valence-corrected chi connectivity index (χ2v) is 4.65. The van der Waals surface area contributed by atoms with Crippen LogP contribution in [0.15, 0.2) is 12.7 Å². The predicted molar refractivity (Wildman–Crippen MR) is 66.9 cm³/mol. The largest absolute Gasteiger partial charge is 0.414 e. The molecule has 3 heterocycles. The van der Waals surface area contributed by atoms with Crippen molar-refractivity contribution in [3.05, 3.63) is 18.1 Å². The highest BCUT2D eigenvalue weighted by atomic mass is 16.6. The molecular formula is C11H15N5O5. The fourth-order valence-corrected chi connectivity index (χ4v) is 2.35. The Morgan fingerprint density at radius 1 is 1.33 bits per heavy atom. The summed E-state index contributed by atoms with van der Waals surface area (Å²) in [5, 5.41) is 36.8. The zero-order valence-electron chi connectivity index (χ0n) is 11.1. The maximum atomic E-state index is 10.0. The SMILES string of the molecule is COn1cnc2c(ncn2[C@@H]2O[C@H](CO)[C@@H](O)[C@H]2O)c1=N. The lowest BCUT2D eigenvalue weighted by Gasteiger charge is -2.16. The fraction of sp³-hybridized carbons (Fsp3) is 0.545. The average Bonchev–Trinajstić information content (AvgIpc) is 3.03. The summed E-state index contributed by atoms with van der Waals surface area (Å²) in [4.78, 5) is 13.1. The zero-order valence-corrected chi connectivity index (χ0v) is 11.1. The molecule has 114 valence electrons. The minimum absolute atomic E-state index is 0.00649. The molecule has 0 spiro atoms. The van der Waals surface area contributed by atoms with Crippen molar-refractivity contribution in [3.63, 3.8) is 0 Å². The Kier molecular flexibility index (Phi) is 3.37. The highest BCUT2D eigenvalue weighted by molar-refractivity contribution is 5.68. The van der Waals surface area contributed by atoms with Crippen LogP contribution in [0, 0.1) is 5.41 Å². The summed E-state index contributed by atoms with van der Waals surface area (Å²) in [5.41, 5.74) is 0.563. The standard InChI is InChI=1S/C11H15N5O5/c1-20-16-4-14-10-6(9(16)12)13-3-15(10)11-8(19)7(18)5(2-17)21-11/h3-5,7-8,11-12,17-19H,2H2,1H3/t5-,7-,8-,11-/m1/s1. The molecule has 0 amide bonds. The van der Waals surface area contributed by atoms with Crippen molar-refractivity contribution >= 4 is 11.2 Å². The number of nitrogens with zero attached hydrogens (tertiary/aromatic N) is 4. The predicted octanol–water partition coefficient (Wildman–Crippen LogP) is -2.62. The van der Waals surface area contributed by atoms with Gasteiger partial charge in [-0.1, -0.05) is 0 Å². The maximum absolute atomic E-state index is 10.0. The Labute approximate surface area is 118 Å². The number of aliphatic hydroxyl groups is 3. The van der Waals surface area contributed by atoms with Gasteiger partial charge in [-0.3, -0.25) is 9.98 Å². The van der Waals surface area contributed by atoms with Crippen LogP contribution in [-0.4, -0.2) is 66.6 Å². The Morgan fingerprint density at radius 3 is 2.71 bits per heavy atom. The number of hydrogen-bond donors (Lipinski definition) is 4. The quantitative estimate of drug-likeness (QED) is 0.486. The van der Waals surface area contributed by atoms with Crippen molar-refractivity contribution in [2.24, 2.45) is 0 Å². The molecule has 2 aromatic heterocycles. The smallest absolute Gasteiger partial charge is 0.192 e. The van der Waals surface area contributed by atoms with E-state index < -0.39 is 31.1 Å². The topological polar surface area (TPSA) is 139 Å². The molecule has 0 bridgehead atoms. The van der Waals surface area contributed by atoms with Gasteiger partial charge in [-0.2, -0.15) is 4.73 Å². The average molecular weight is 297 g/mol. The number of imidazole rings is 1. The van der Waals surface area contributed by atoms with Crippen LogP contribution >= 0.6 is 0 Å². The number of aliphatic hydroxyl groups excluding tert-OH is 3. The maximum Gasteiger partial charge on any atom is 0.192 e. The summed E-state index contributed by atoms with van der Waals surface area (Å²) in [6.45, 7) is -0.415. The van der Waals surface area contributed by atoms with E-state index in [0.717, 1.165) is 4.73 Å². The van der Waals surface area contributed by atoms with E-state index in [0.29, 0.717) is 5.65 Å². The van der Waals surface area contributed by atoms with Crippen molar-refractivity contribution in [1.82, 2.24) is 19.3 Å². The van der Waals surface area contributed by atoms with Gasteiger partial charge in [0.2, 0.25) is 0 Å². The Hall–Kier alpha value is -2.01. The van der Waals surface area contributed by atoms with Crippen molar-refractivity contribution < 1.29 is 24.9 Å². The molecule has 4 atom stereocenters. The zero-order chi connectivity index (χ0) is 15.1. The van der Waals surface area contributed by atoms with E-state index in [1.165, 1.54) is 24.3 Å². The van der Waals surface area contributed by atoms with Gasteiger partial charge in [0.05, 0.1) is 12.9 Å². The summed E-state index contributed by atoms with van der Waals surface area (Å²) in [6.07, 6.45) is -1.61. The second-order valence-electron chi connectivity index (χ2n) is 4.65. The Morgan fingerprint density at radius 2 is 2.10 bits per heavy atom. The van der Waals surface area contributed by atoms with E-state index in [2.05, 4.69) is 9.97 Å². The van der Waals surface area contributed by atoms with Crippen LogP contribution in [0.25, 0.3) is 11.2 Å². The van der Waals surface area contributed by atoms with Crippen molar-refractivity contribution in [1.29, 1.82) is 5.41 Å². The number of hydrogen-bond acceptors (Lipinski definition) is 8. The van der Waals surface area contributed by atoms with E-state index in [4.69, 9.17) is 20.1 Å². The molecule has 3 rings (SSSR count). The number of rotatable bonds is 3. The van der Waals surface area contributed by atoms with Crippen LogP contribution < -0.4 is 10.3 Å². The first-order chi connectivity index (χ1) is 10.1. The van der Waals surface area contributed by atoms with Gasteiger partial charge >= 0.3 is 0 Å². The lowest BCUT2D eigenvalue weighted by Crippen LogP contribution is -2.33. The summed E-state index contributed by atoms with van der Waals surface area (Å²) in [6, 6.07) is 0. The molecule has 2 aromatic rings. The first-order valence-electron chi connectivity index (χ1n) is 6.24. The van der Waals surface area contributed by atoms with Crippen LogP contribution in [0.4, 0.5) is 0 Å². The van der Waals surface area contributed by atoms with Gasteiger partial charge in [-0.05, 0) is 0 Å². The monoisotopic (exact) mass is 297 g/mol. The van der Waals surface area contributed by atoms with Crippen LogP contribution in [0.1, 0.15) is 6.23 Å². The lowest BCUT2D eigenvalue weighted by molar-refractivity contribution is -0.0511. The van der Waals surface area contributed by atoms with E-state index in [1.807, 2.05) is 0 Å². The van der Waals surface area contributed by atoms with Gasteiger partial charge in [0.15, 0.2) is 22.9 Å². The first-order valence-corrected chi connectivity index (χ1v) is 6.24. The molecule has 0 radical (unpaired) electrons. The molecule has 4 N–H and O–H groups in total.